The summed E-state index contributed by atoms with van der Waals surface area (Å²) < 4.78 is 4.42. The van der Waals surface area contributed by atoms with Gasteiger partial charge in [0.1, 0.15) is 13.1 Å². The van der Waals surface area contributed by atoms with Crippen molar-refractivity contribution < 1.29 is 14.3 Å². The van der Waals surface area contributed by atoms with Crippen LogP contribution < -0.4 is 0 Å². The summed E-state index contributed by atoms with van der Waals surface area (Å²) in [4.78, 5) is 23.6. The summed E-state index contributed by atoms with van der Waals surface area (Å²) in [5.74, 6) is -0.900. The minimum atomic E-state index is -0.541. The van der Waals surface area contributed by atoms with Crippen molar-refractivity contribution in [2.24, 2.45) is 0 Å². The molecule has 0 aromatic carbocycles. The molecule has 0 aliphatic carbocycles. The molecule has 0 fully saturated rings. The van der Waals surface area contributed by atoms with E-state index in [-0.39, 0.29) is 19.0 Å². The van der Waals surface area contributed by atoms with Crippen molar-refractivity contribution in [3.05, 3.63) is 11.6 Å². The summed E-state index contributed by atoms with van der Waals surface area (Å²) in [6, 6.07) is 1.82. The van der Waals surface area contributed by atoms with E-state index in [4.69, 9.17) is 5.26 Å². The third-order valence-corrected chi connectivity index (χ3v) is 1.53. The zero-order valence-corrected chi connectivity index (χ0v) is 9.11. The van der Waals surface area contributed by atoms with Crippen molar-refractivity contribution in [1.82, 2.24) is 4.90 Å². The van der Waals surface area contributed by atoms with Gasteiger partial charge in [0.05, 0.1) is 13.2 Å². The van der Waals surface area contributed by atoms with E-state index in [2.05, 4.69) is 4.74 Å². The smallest absolute Gasteiger partial charge is 0.325 e. The lowest BCUT2D eigenvalue weighted by atomic mass is 10.3. The first-order valence-corrected chi connectivity index (χ1v) is 4.38. The predicted molar refractivity (Wildman–Crippen MR) is 53.6 cm³/mol. The standard InChI is InChI=1S/C10H14N2O3/c1-8(2)6-9(13)12(5-4-11)7-10(14)15-3/h6H,5,7H2,1-3H3. The Bertz CT molecular complexity index is 311. The Balaban J connectivity index is 4.53. The molecular formula is C10H14N2O3. The van der Waals surface area contributed by atoms with Crippen LogP contribution in [0.2, 0.25) is 0 Å². The van der Waals surface area contributed by atoms with E-state index in [1.54, 1.807) is 13.8 Å². The normalized spacial score (nSPS) is 8.67. The first-order valence-electron chi connectivity index (χ1n) is 4.38. The summed E-state index contributed by atoms with van der Waals surface area (Å²) >= 11 is 0. The fourth-order valence-corrected chi connectivity index (χ4v) is 0.856. The van der Waals surface area contributed by atoms with Gasteiger partial charge in [-0.15, -0.1) is 0 Å². The van der Waals surface area contributed by atoms with Crippen LogP contribution in [0.1, 0.15) is 13.8 Å². The number of hydrogen-bond acceptors (Lipinski definition) is 4. The molecule has 0 radical (unpaired) electrons. The van der Waals surface area contributed by atoms with E-state index in [1.165, 1.54) is 13.2 Å². The fourth-order valence-electron chi connectivity index (χ4n) is 0.856. The number of nitrogens with zero attached hydrogens (tertiary/aromatic N) is 2. The molecule has 5 nitrogen and oxygen atoms in total. The average Bonchev–Trinajstić information content (AvgIpc) is 2.15. The first kappa shape index (κ1) is 13.2. The molecular weight excluding hydrogens is 196 g/mol. The summed E-state index contributed by atoms with van der Waals surface area (Å²) in [6.45, 7) is 3.20. The van der Waals surface area contributed by atoms with Gasteiger partial charge in [-0.05, 0) is 13.8 Å². The Labute approximate surface area is 88.9 Å². The third-order valence-electron chi connectivity index (χ3n) is 1.53. The fraction of sp³-hybridized carbons (Fsp3) is 0.500. The number of carbonyl (C=O) groups excluding carboxylic acids is 2. The van der Waals surface area contributed by atoms with Gasteiger partial charge >= 0.3 is 5.97 Å². The Morgan fingerprint density at radius 2 is 2.07 bits per heavy atom. The summed E-state index contributed by atoms with van der Waals surface area (Å²) in [5.41, 5.74) is 0.813. The van der Waals surface area contributed by atoms with Gasteiger partial charge in [-0.2, -0.15) is 5.26 Å². The SMILES string of the molecule is COC(=O)CN(CC#N)C(=O)C=C(C)C. The molecule has 0 aliphatic rings. The maximum atomic E-state index is 11.5. The molecule has 15 heavy (non-hydrogen) atoms. The first-order chi connectivity index (χ1) is 7.01. The Morgan fingerprint density at radius 3 is 2.47 bits per heavy atom. The molecule has 1 amide bonds. The molecule has 0 aliphatic heterocycles. The van der Waals surface area contributed by atoms with E-state index >= 15 is 0 Å². The van der Waals surface area contributed by atoms with Gasteiger partial charge in [0, 0.05) is 6.08 Å². The van der Waals surface area contributed by atoms with Crippen molar-refractivity contribution in [3.8, 4) is 6.07 Å². The van der Waals surface area contributed by atoms with Crippen molar-refractivity contribution >= 4 is 11.9 Å². The molecule has 0 aromatic heterocycles. The molecule has 0 aromatic rings. The molecule has 0 atom stereocenters. The number of amides is 1. The third kappa shape index (κ3) is 5.47. The number of carbonyl (C=O) groups is 2. The molecule has 0 spiro atoms. The quantitative estimate of drug-likeness (QED) is 0.384. The molecule has 82 valence electrons. The number of ether oxygens (including phenoxy) is 1. The summed E-state index contributed by atoms with van der Waals surface area (Å²) in [6.07, 6.45) is 1.38. The second kappa shape index (κ2) is 6.60. The number of hydrogen-bond donors (Lipinski definition) is 0. The predicted octanol–water partition coefficient (Wildman–Crippen LogP) is 0.478. The van der Waals surface area contributed by atoms with Crippen LogP contribution in [-0.2, 0) is 14.3 Å². The van der Waals surface area contributed by atoms with Crippen LogP contribution >= 0.6 is 0 Å². The van der Waals surface area contributed by atoms with E-state index < -0.39 is 5.97 Å². The van der Waals surface area contributed by atoms with Gasteiger partial charge < -0.3 is 9.64 Å². The lowest BCUT2D eigenvalue weighted by Crippen LogP contribution is -2.35. The van der Waals surface area contributed by atoms with Gasteiger partial charge in [0.2, 0.25) is 5.91 Å². The lowest BCUT2D eigenvalue weighted by Gasteiger charge is -2.15. The van der Waals surface area contributed by atoms with Crippen LogP contribution in [0, 0.1) is 11.3 Å². The maximum Gasteiger partial charge on any atom is 0.325 e. The topological polar surface area (TPSA) is 70.4 Å². The van der Waals surface area contributed by atoms with E-state index in [0.29, 0.717) is 0 Å². The Hall–Kier alpha value is -1.83. The Morgan fingerprint density at radius 1 is 1.47 bits per heavy atom. The number of rotatable bonds is 4. The zero-order valence-electron chi connectivity index (χ0n) is 9.11. The molecule has 0 unspecified atom stereocenters. The van der Waals surface area contributed by atoms with Crippen LogP contribution in [0.5, 0.6) is 0 Å². The van der Waals surface area contributed by atoms with Crippen molar-refractivity contribution in [2.75, 3.05) is 20.2 Å². The largest absolute Gasteiger partial charge is 0.468 e. The summed E-state index contributed by atoms with van der Waals surface area (Å²) in [7, 11) is 1.23. The molecule has 0 heterocycles. The number of nitriles is 1. The molecule has 0 rings (SSSR count). The second-order valence-electron chi connectivity index (χ2n) is 3.15. The zero-order chi connectivity index (χ0) is 11.8. The Kier molecular flexibility index (Phi) is 5.79. The van der Waals surface area contributed by atoms with Crippen LogP contribution in [0.4, 0.5) is 0 Å². The highest BCUT2D eigenvalue weighted by Gasteiger charge is 2.14. The van der Waals surface area contributed by atoms with Crippen LogP contribution in [-0.4, -0.2) is 37.0 Å². The van der Waals surface area contributed by atoms with Gasteiger partial charge in [0.25, 0.3) is 0 Å². The molecule has 5 heteroatoms. The van der Waals surface area contributed by atoms with E-state index in [9.17, 15) is 9.59 Å². The number of methoxy groups -OCH3 is 1. The van der Waals surface area contributed by atoms with Crippen molar-refractivity contribution in [2.45, 2.75) is 13.8 Å². The molecule has 0 saturated heterocycles. The second-order valence-corrected chi connectivity index (χ2v) is 3.15. The van der Waals surface area contributed by atoms with Gasteiger partial charge in [0.15, 0.2) is 0 Å². The number of allylic oxidation sites excluding steroid dienone is 1. The molecule has 0 N–H and O–H groups in total. The van der Waals surface area contributed by atoms with Crippen molar-refractivity contribution in [1.29, 1.82) is 5.26 Å². The average molecular weight is 210 g/mol. The molecule has 0 bridgehead atoms. The highest BCUT2D eigenvalue weighted by atomic mass is 16.5. The van der Waals surface area contributed by atoms with E-state index in [0.717, 1.165) is 10.5 Å². The lowest BCUT2D eigenvalue weighted by molar-refractivity contribution is -0.145. The highest BCUT2D eigenvalue weighted by Crippen LogP contribution is 1.96. The van der Waals surface area contributed by atoms with Crippen LogP contribution in [0.25, 0.3) is 0 Å². The van der Waals surface area contributed by atoms with Gasteiger partial charge in [-0.1, -0.05) is 5.57 Å². The van der Waals surface area contributed by atoms with Gasteiger partial charge in [-0.3, -0.25) is 9.59 Å². The highest BCUT2D eigenvalue weighted by molar-refractivity contribution is 5.90. The maximum absolute atomic E-state index is 11.5. The minimum absolute atomic E-state index is 0.127. The minimum Gasteiger partial charge on any atom is -0.468 e. The van der Waals surface area contributed by atoms with Crippen molar-refractivity contribution in [3.63, 3.8) is 0 Å². The molecule has 0 saturated carbocycles. The monoisotopic (exact) mass is 210 g/mol. The van der Waals surface area contributed by atoms with Crippen LogP contribution in [0.3, 0.4) is 0 Å². The van der Waals surface area contributed by atoms with Gasteiger partial charge in [-0.25, -0.2) is 0 Å². The number of esters is 1. The summed E-state index contributed by atoms with van der Waals surface area (Å²) in [5, 5.41) is 8.49. The van der Waals surface area contributed by atoms with Crippen LogP contribution in [0.15, 0.2) is 11.6 Å². The van der Waals surface area contributed by atoms with E-state index in [1.807, 2.05) is 6.07 Å².